The van der Waals surface area contributed by atoms with Gasteiger partial charge in [0.05, 0.1) is 0 Å². The van der Waals surface area contributed by atoms with Gasteiger partial charge in [0, 0.05) is 36.8 Å². The summed E-state index contributed by atoms with van der Waals surface area (Å²) in [5, 5.41) is 5.80. The van der Waals surface area contributed by atoms with Gasteiger partial charge in [0.2, 0.25) is 11.8 Å². The van der Waals surface area contributed by atoms with Crippen molar-refractivity contribution in [1.29, 1.82) is 0 Å². The first kappa shape index (κ1) is 23.6. The molecule has 0 atom stereocenters. The summed E-state index contributed by atoms with van der Waals surface area (Å²) >= 11 is 0. The largest absolute Gasteiger partial charge is 0.356 e. The lowest BCUT2D eigenvalue weighted by Crippen LogP contribution is -2.27. The van der Waals surface area contributed by atoms with Crippen LogP contribution in [-0.4, -0.2) is 36.5 Å². The van der Waals surface area contributed by atoms with Crippen molar-refractivity contribution >= 4 is 23.4 Å². The molecule has 2 amide bonds. The SMILES string of the molecule is CC(=O)C1(CCCCNC(=O)CCCC(=O)NCCCCC2(C(C)=O)CC2)CC1. The molecule has 0 saturated heterocycles. The highest BCUT2D eigenvalue weighted by atomic mass is 16.2. The Morgan fingerprint density at radius 1 is 0.621 bits per heavy atom. The van der Waals surface area contributed by atoms with E-state index >= 15 is 0 Å². The first-order valence-electron chi connectivity index (χ1n) is 11.4. The van der Waals surface area contributed by atoms with Crippen molar-refractivity contribution in [1.82, 2.24) is 10.6 Å². The van der Waals surface area contributed by atoms with Crippen molar-refractivity contribution in [3.8, 4) is 0 Å². The number of carbonyl (C=O) groups is 4. The van der Waals surface area contributed by atoms with Crippen molar-refractivity contribution in [2.45, 2.75) is 97.3 Å². The molecule has 2 saturated carbocycles. The Balaban J connectivity index is 1.39. The molecule has 0 heterocycles. The minimum Gasteiger partial charge on any atom is -0.356 e. The number of Topliss-reactive ketones (excluding diaryl/α,β-unsaturated/α-hetero) is 2. The van der Waals surface area contributed by atoms with Crippen LogP contribution in [0, 0.1) is 10.8 Å². The van der Waals surface area contributed by atoms with E-state index in [-0.39, 0.29) is 22.6 Å². The molecular formula is C23H38N2O4. The number of unbranched alkanes of at least 4 members (excludes halogenated alkanes) is 2. The summed E-state index contributed by atoms with van der Waals surface area (Å²) in [5.74, 6) is 0.597. The number of rotatable bonds is 16. The van der Waals surface area contributed by atoms with Gasteiger partial charge in [0.15, 0.2) is 0 Å². The standard InChI is InChI=1S/C23H38N2O4/c1-18(26)22(12-13-22)10-3-5-16-24-20(28)8-7-9-21(29)25-17-6-4-11-23(14-15-23)19(2)27/h3-17H2,1-2H3,(H,24,28)(H,25,29). The van der Waals surface area contributed by atoms with Crippen LogP contribution in [-0.2, 0) is 19.2 Å². The molecule has 0 aromatic carbocycles. The smallest absolute Gasteiger partial charge is 0.220 e. The molecule has 6 nitrogen and oxygen atoms in total. The van der Waals surface area contributed by atoms with E-state index < -0.39 is 0 Å². The van der Waals surface area contributed by atoms with Crippen LogP contribution in [0.2, 0.25) is 0 Å². The van der Waals surface area contributed by atoms with Crippen LogP contribution < -0.4 is 10.6 Å². The van der Waals surface area contributed by atoms with Crippen molar-refractivity contribution in [2.24, 2.45) is 10.8 Å². The minimum absolute atomic E-state index is 0.00975. The van der Waals surface area contributed by atoms with E-state index in [0.29, 0.717) is 43.9 Å². The average Bonchev–Trinajstić information content (AvgIpc) is 3.56. The molecule has 2 aliphatic rings. The highest BCUT2D eigenvalue weighted by Gasteiger charge is 2.46. The van der Waals surface area contributed by atoms with Crippen LogP contribution in [0.4, 0.5) is 0 Å². The van der Waals surface area contributed by atoms with Gasteiger partial charge >= 0.3 is 0 Å². The minimum atomic E-state index is -0.0376. The molecular weight excluding hydrogens is 368 g/mol. The Morgan fingerprint density at radius 2 is 1.00 bits per heavy atom. The lowest BCUT2D eigenvalue weighted by atomic mass is 9.95. The van der Waals surface area contributed by atoms with Gasteiger partial charge < -0.3 is 10.6 Å². The number of carbonyl (C=O) groups excluding carboxylic acids is 4. The van der Waals surface area contributed by atoms with Gasteiger partial charge in [-0.2, -0.15) is 0 Å². The Bertz CT molecular complexity index is 554. The van der Waals surface area contributed by atoms with E-state index in [1.165, 1.54) is 0 Å². The predicted molar refractivity (Wildman–Crippen MR) is 112 cm³/mol. The van der Waals surface area contributed by atoms with Crippen LogP contribution >= 0.6 is 0 Å². The Kier molecular flexibility index (Phi) is 8.84. The zero-order valence-corrected chi connectivity index (χ0v) is 18.2. The number of ketones is 2. The van der Waals surface area contributed by atoms with Crippen molar-refractivity contribution < 1.29 is 19.2 Å². The summed E-state index contributed by atoms with van der Waals surface area (Å²) < 4.78 is 0. The summed E-state index contributed by atoms with van der Waals surface area (Å²) in [6.45, 7) is 4.65. The first-order chi connectivity index (χ1) is 13.8. The van der Waals surface area contributed by atoms with E-state index in [1.54, 1.807) is 13.8 Å². The molecule has 0 spiro atoms. The Morgan fingerprint density at radius 3 is 1.31 bits per heavy atom. The van der Waals surface area contributed by atoms with E-state index in [9.17, 15) is 19.2 Å². The molecule has 2 aliphatic carbocycles. The third-order valence-corrected chi connectivity index (χ3v) is 6.82. The zero-order valence-electron chi connectivity index (χ0n) is 18.2. The fraction of sp³-hybridized carbons (Fsp3) is 0.826. The highest BCUT2D eigenvalue weighted by molar-refractivity contribution is 5.85. The lowest BCUT2D eigenvalue weighted by Gasteiger charge is -2.11. The van der Waals surface area contributed by atoms with Crippen LogP contribution in [0.5, 0.6) is 0 Å². The number of amides is 2. The Hall–Kier alpha value is -1.72. The van der Waals surface area contributed by atoms with Gasteiger partial charge in [-0.3, -0.25) is 19.2 Å². The number of hydrogen-bond acceptors (Lipinski definition) is 4. The molecule has 29 heavy (non-hydrogen) atoms. The third-order valence-electron chi connectivity index (χ3n) is 6.82. The van der Waals surface area contributed by atoms with Gasteiger partial charge in [0.1, 0.15) is 11.6 Å². The Labute approximate surface area is 175 Å². The second-order valence-electron chi connectivity index (χ2n) is 9.14. The highest BCUT2D eigenvalue weighted by Crippen LogP contribution is 2.51. The van der Waals surface area contributed by atoms with Gasteiger partial charge in [0.25, 0.3) is 0 Å². The number of nitrogens with one attached hydrogen (secondary N) is 2. The molecule has 2 fully saturated rings. The zero-order chi connectivity index (χ0) is 21.3. The fourth-order valence-corrected chi connectivity index (χ4v) is 4.08. The topological polar surface area (TPSA) is 92.3 Å². The van der Waals surface area contributed by atoms with Crippen LogP contribution in [0.15, 0.2) is 0 Å². The second-order valence-corrected chi connectivity index (χ2v) is 9.14. The maximum Gasteiger partial charge on any atom is 0.220 e. The first-order valence-corrected chi connectivity index (χ1v) is 11.4. The normalized spacial score (nSPS) is 18.0. The summed E-state index contributed by atoms with van der Waals surface area (Å²) in [7, 11) is 0. The van der Waals surface area contributed by atoms with Gasteiger partial charge in [-0.1, -0.05) is 12.8 Å². The van der Waals surface area contributed by atoms with Crippen LogP contribution in [0.1, 0.15) is 97.3 Å². The molecule has 0 radical (unpaired) electrons. The molecule has 2 rings (SSSR count). The molecule has 0 unspecified atom stereocenters. The quantitative estimate of drug-likeness (QED) is 0.384. The van der Waals surface area contributed by atoms with Crippen molar-refractivity contribution in [3.63, 3.8) is 0 Å². The van der Waals surface area contributed by atoms with Gasteiger partial charge in [-0.15, -0.1) is 0 Å². The number of hydrogen-bond donors (Lipinski definition) is 2. The summed E-state index contributed by atoms with van der Waals surface area (Å²) in [5.41, 5.74) is -0.0752. The molecule has 164 valence electrons. The van der Waals surface area contributed by atoms with E-state index in [0.717, 1.165) is 64.2 Å². The lowest BCUT2D eigenvalue weighted by molar-refractivity contribution is -0.123. The van der Waals surface area contributed by atoms with Crippen molar-refractivity contribution in [2.75, 3.05) is 13.1 Å². The summed E-state index contributed by atoms with van der Waals surface area (Å²) in [6, 6.07) is 0. The summed E-state index contributed by atoms with van der Waals surface area (Å²) in [4.78, 5) is 46.7. The van der Waals surface area contributed by atoms with E-state index in [4.69, 9.17) is 0 Å². The maximum absolute atomic E-state index is 11.8. The maximum atomic E-state index is 11.8. The van der Waals surface area contributed by atoms with E-state index in [1.807, 2.05) is 0 Å². The average molecular weight is 407 g/mol. The second kappa shape index (κ2) is 10.9. The molecule has 0 aliphatic heterocycles. The van der Waals surface area contributed by atoms with Crippen LogP contribution in [0.25, 0.3) is 0 Å². The van der Waals surface area contributed by atoms with Gasteiger partial charge in [-0.05, 0) is 71.6 Å². The predicted octanol–water partition coefficient (Wildman–Crippen LogP) is 3.47. The molecule has 0 bridgehead atoms. The monoisotopic (exact) mass is 406 g/mol. The van der Waals surface area contributed by atoms with Crippen LogP contribution in [0.3, 0.4) is 0 Å². The molecule has 0 aromatic rings. The van der Waals surface area contributed by atoms with Gasteiger partial charge in [-0.25, -0.2) is 0 Å². The fourth-order valence-electron chi connectivity index (χ4n) is 4.08. The molecule has 6 heteroatoms. The summed E-state index contributed by atoms with van der Waals surface area (Å²) in [6.07, 6.45) is 11.0. The third kappa shape index (κ3) is 7.90. The van der Waals surface area contributed by atoms with E-state index in [2.05, 4.69) is 10.6 Å². The molecule has 0 aromatic heterocycles. The molecule has 2 N–H and O–H groups in total. The van der Waals surface area contributed by atoms with Crippen molar-refractivity contribution in [3.05, 3.63) is 0 Å².